The van der Waals surface area contributed by atoms with Gasteiger partial charge in [0.1, 0.15) is 18.0 Å². The van der Waals surface area contributed by atoms with Crippen LogP contribution in [0, 0.1) is 12.8 Å². The van der Waals surface area contributed by atoms with E-state index in [1.807, 2.05) is 30.0 Å². The van der Waals surface area contributed by atoms with Gasteiger partial charge < -0.3 is 10.2 Å². The first-order valence-electron chi connectivity index (χ1n) is 8.99. The van der Waals surface area contributed by atoms with Gasteiger partial charge in [0, 0.05) is 43.3 Å². The van der Waals surface area contributed by atoms with Gasteiger partial charge in [0.2, 0.25) is 5.91 Å². The molecule has 138 valence electrons. The average Bonchev–Trinajstić information content (AvgIpc) is 2.64. The lowest BCUT2D eigenvalue weighted by Gasteiger charge is -2.32. The molecule has 0 aliphatic carbocycles. The number of rotatable bonds is 6. The number of likely N-dealkylation sites (tertiary alicyclic amines) is 1. The zero-order chi connectivity index (χ0) is 18.4. The summed E-state index contributed by atoms with van der Waals surface area (Å²) in [7, 11) is 0. The van der Waals surface area contributed by atoms with Crippen molar-refractivity contribution in [1.29, 1.82) is 0 Å². The number of aromatic nitrogens is 3. The Kier molecular flexibility index (Phi) is 6.39. The van der Waals surface area contributed by atoms with Gasteiger partial charge in [0.05, 0.1) is 0 Å². The van der Waals surface area contributed by atoms with Crippen LogP contribution in [0.5, 0.6) is 0 Å². The number of anilines is 2. The van der Waals surface area contributed by atoms with Crippen LogP contribution in [0.1, 0.15) is 30.5 Å². The highest BCUT2D eigenvalue weighted by Gasteiger charge is 2.23. The van der Waals surface area contributed by atoms with Crippen LogP contribution in [0.2, 0.25) is 0 Å². The summed E-state index contributed by atoms with van der Waals surface area (Å²) >= 11 is 5.70. The summed E-state index contributed by atoms with van der Waals surface area (Å²) in [6, 6.07) is 5.88. The second kappa shape index (κ2) is 8.94. The lowest BCUT2D eigenvalue weighted by molar-refractivity contribution is -0.132. The molecule has 1 fully saturated rings. The number of nitrogens with zero attached hydrogens (tertiary/aromatic N) is 4. The molecule has 7 heteroatoms. The van der Waals surface area contributed by atoms with E-state index in [0.29, 0.717) is 18.2 Å². The highest BCUT2D eigenvalue weighted by Crippen LogP contribution is 2.22. The van der Waals surface area contributed by atoms with Crippen LogP contribution < -0.4 is 5.32 Å². The third-order valence-electron chi connectivity index (χ3n) is 4.66. The molecule has 6 nitrogen and oxygen atoms in total. The van der Waals surface area contributed by atoms with E-state index in [1.54, 1.807) is 12.5 Å². The minimum absolute atomic E-state index is 0.153. The number of amides is 1. The van der Waals surface area contributed by atoms with Gasteiger partial charge in [0.15, 0.2) is 0 Å². The fraction of sp³-hybridized carbons (Fsp3) is 0.474. The molecule has 3 heterocycles. The number of carbonyl (C=O) groups is 1. The summed E-state index contributed by atoms with van der Waals surface area (Å²) in [5.41, 5.74) is 2.04. The highest BCUT2D eigenvalue weighted by atomic mass is 35.5. The van der Waals surface area contributed by atoms with E-state index in [2.05, 4.69) is 20.3 Å². The Morgan fingerprint density at radius 2 is 2.27 bits per heavy atom. The molecule has 2 aromatic rings. The largest absolute Gasteiger partial charge is 0.342 e. The normalized spacial score (nSPS) is 17.2. The average molecular weight is 374 g/mol. The maximum atomic E-state index is 12.1. The Balaban J connectivity index is 1.63. The van der Waals surface area contributed by atoms with E-state index in [-0.39, 0.29) is 5.91 Å². The Bertz CT molecular complexity index is 754. The Morgan fingerprint density at radius 3 is 3.08 bits per heavy atom. The summed E-state index contributed by atoms with van der Waals surface area (Å²) in [5, 5.41) is 3.25. The van der Waals surface area contributed by atoms with Crippen LogP contribution in [-0.2, 0) is 11.2 Å². The molecule has 3 rings (SSSR count). The molecule has 0 saturated carbocycles. The lowest BCUT2D eigenvalue weighted by Crippen LogP contribution is -2.40. The van der Waals surface area contributed by atoms with Crippen molar-refractivity contribution < 1.29 is 4.79 Å². The zero-order valence-corrected chi connectivity index (χ0v) is 15.7. The molecule has 26 heavy (non-hydrogen) atoms. The summed E-state index contributed by atoms with van der Waals surface area (Å²) < 4.78 is 0. The molecule has 1 unspecified atom stereocenters. The fourth-order valence-electron chi connectivity index (χ4n) is 3.31. The van der Waals surface area contributed by atoms with Crippen LogP contribution in [0.15, 0.2) is 30.7 Å². The standard InChI is InChI=1S/C19H24ClN5O/c1-14-4-2-8-21-19(14)24-17-11-16(22-13-23-17)10-15-5-3-9-25(12-15)18(26)6-7-20/h2,4,8,11,13,15H,3,5-7,9-10,12H2,1H3,(H,21,22,23,24). The number of carbonyl (C=O) groups excluding carboxylic acids is 1. The van der Waals surface area contributed by atoms with E-state index in [4.69, 9.17) is 11.6 Å². The number of hydrogen-bond acceptors (Lipinski definition) is 5. The SMILES string of the molecule is Cc1cccnc1Nc1cc(CC2CCCN(C(=O)CCCl)C2)ncn1. The van der Waals surface area contributed by atoms with Crippen molar-refractivity contribution in [3.8, 4) is 0 Å². The van der Waals surface area contributed by atoms with Crippen LogP contribution in [-0.4, -0.2) is 44.7 Å². The topological polar surface area (TPSA) is 71.0 Å². The maximum Gasteiger partial charge on any atom is 0.223 e. The van der Waals surface area contributed by atoms with Crippen molar-refractivity contribution in [2.24, 2.45) is 5.92 Å². The van der Waals surface area contributed by atoms with Crippen molar-refractivity contribution in [2.75, 3.05) is 24.3 Å². The zero-order valence-electron chi connectivity index (χ0n) is 15.0. The molecule has 1 aliphatic rings. The molecule has 1 aliphatic heterocycles. The first kappa shape index (κ1) is 18.6. The van der Waals surface area contributed by atoms with Gasteiger partial charge in [-0.2, -0.15) is 0 Å². The molecule has 1 atom stereocenters. The predicted octanol–water partition coefficient (Wildman–Crippen LogP) is 3.33. The van der Waals surface area contributed by atoms with Gasteiger partial charge in [-0.1, -0.05) is 6.07 Å². The Hall–Kier alpha value is -2.21. The first-order chi connectivity index (χ1) is 12.7. The van der Waals surface area contributed by atoms with Crippen LogP contribution in [0.3, 0.4) is 0 Å². The maximum absolute atomic E-state index is 12.1. The Labute approximate surface area is 159 Å². The minimum Gasteiger partial charge on any atom is -0.342 e. The number of hydrogen-bond donors (Lipinski definition) is 1. The van der Waals surface area contributed by atoms with E-state index in [9.17, 15) is 4.79 Å². The highest BCUT2D eigenvalue weighted by molar-refractivity contribution is 6.18. The van der Waals surface area contributed by atoms with E-state index in [1.165, 1.54) is 0 Å². The molecule has 1 amide bonds. The van der Waals surface area contributed by atoms with Gasteiger partial charge in [-0.15, -0.1) is 11.6 Å². The molecule has 1 saturated heterocycles. The minimum atomic E-state index is 0.153. The fourth-order valence-corrected chi connectivity index (χ4v) is 3.47. The second-order valence-corrected chi connectivity index (χ2v) is 7.06. The predicted molar refractivity (Wildman–Crippen MR) is 103 cm³/mol. The smallest absolute Gasteiger partial charge is 0.223 e. The molecule has 0 spiro atoms. The molecule has 0 aromatic carbocycles. The van der Waals surface area contributed by atoms with Gasteiger partial charge in [-0.05, 0) is 43.7 Å². The van der Waals surface area contributed by atoms with Gasteiger partial charge in [-0.25, -0.2) is 15.0 Å². The summed E-state index contributed by atoms with van der Waals surface area (Å²) in [4.78, 5) is 27.1. The number of nitrogens with one attached hydrogen (secondary N) is 1. The molecule has 2 aromatic heterocycles. The van der Waals surface area contributed by atoms with E-state index in [0.717, 1.165) is 55.2 Å². The second-order valence-electron chi connectivity index (χ2n) is 6.68. The number of alkyl halides is 1. The quantitative estimate of drug-likeness (QED) is 0.786. The molecule has 0 radical (unpaired) electrons. The van der Waals surface area contributed by atoms with Gasteiger partial charge >= 0.3 is 0 Å². The first-order valence-corrected chi connectivity index (χ1v) is 9.52. The van der Waals surface area contributed by atoms with Crippen molar-refractivity contribution >= 4 is 29.1 Å². The monoisotopic (exact) mass is 373 g/mol. The van der Waals surface area contributed by atoms with Crippen LogP contribution >= 0.6 is 11.6 Å². The summed E-state index contributed by atoms with van der Waals surface area (Å²) in [6.07, 6.45) is 6.72. The molecular weight excluding hydrogens is 350 g/mol. The number of aryl methyl sites for hydroxylation is 1. The van der Waals surface area contributed by atoms with Crippen LogP contribution in [0.4, 0.5) is 11.6 Å². The molecular formula is C19H24ClN5O. The van der Waals surface area contributed by atoms with Crippen LogP contribution in [0.25, 0.3) is 0 Å². The number of pyridine rings is 1. The lowest BCUT2D eigenvalue weighted by atomic mass is 9.93. The molecule has 0 bridgehead atoms. The summed E-state index contributed by atoms with van der Waals surface area (Å²) in [6.45, 7) is 3.62. The number of halogens is 1. The third kappa shape index (κ3) is 4.91. The Morgan fingerprint density at radius 1 is 1.38 bits per heavy atom. The van der Waals surface area contributed by atoms with Gasteiger partial charge in [0.25, 0.3) is 0 Å². The van der Waals surface area contributed by atoms with Crippen molar-refractivity contribution in [3.63, 3.8) is 0 Å². The molecule has 1 N–H and O–H groups in total. The van der Waals surface area contributed by atoms with Crippen molar-refractivity contribution in [3.05, 3.63) is 42.0 Å². The van der Waals surface area contributed by atoms with Crippen molar-refractivity contribution in [2.45, 2.75) is 32.6 Å². The number of piperidine rings is 1. The van der Waals surface area contributed by atoms with E-state index >= 15 is 0 Å². The van der Waals surface area contributed by atoms with Gasteiger partial charge in [-0.3, -0.25) is 4.79 Å². The summed E-state index contributed by atoms with van der Waals surface area (Å²) in [5.74, 6) is 2.49. The van der Waals surface area contributed by atoms with Crippen molar-refractivity contribution in [1.82, 2.24) is 19.9 Å². The third-order valence-corrected chi connectivity index (χ3v) is 4.85. The van der Waals surface area contributed by atoms with E-state index < -0.39 is 0 Å².